The van der Waals surface area contributed by atoms with Crippen molar-refractivity contribution in [3.63, 3.8) is 0 Å². The van der Waals surface area contributed by atoms with Crippen LogP contribution in [-0.4, -0.2) is 4.98 Å². The van der Waals surface area contributed by atoms with Gasteiger partial charge in [-0.2, -0.15) is 0 Å². The first-order chi connectivity index (χ1) is 7.66. The van der Waals surface area contributed by atoms with Crippen LogP contribution >= 0.6 is 34.7 Å². The SMILES string of the molecule is Cc1ncc(CSc2c(N)cccc2Cl)s1. The van der Waals surface area contributed by atoms with Crippen LogP contribution in [-0.2, 0) is 5.75 Å². The van der Waals surface area contributed by atoms with Gasteiger partial charge in [-0.15, -0.1) is 23.1 Å². The molecule has 1 aromatic carbocycles. The number of thioether (sulfide) groups is 1. The Morgan fingerprint density at radius 1 is 1.50 bits per heavy atom. The smallest absolute Gasteiger partial charge is 0.0897 e. The van der Waals surface area contributed by atoms with Crippen LogP contribution in [0.25, 0.3) is 0 Å². The van der Waals surface area contributed by atoms with Crippen molar-refractivity contribution >= 4 is 40.4 Å². The molecule has 2 rings (SSSR count). The number of thiazole rings is 1. The van der Waals surface area contributed by atoms with Crippen molar-refractivity contribution in [1.82, 2.24) is 4.98 Å². The lowest BCUT2D eigenvalue weighted by atomic mass is 10.3. The van der Waals surface area contributed by atoms with E-state index in [4.69, 9.17) is 17.3 Å². The molecule has 0 atom stereocenters. The summed E-state index contributed by atoms with van der Waals surface area (Å²) in [5.74, 6) is 0.861. The topological polar surface area (TPSA) is 38.9 Å². The first-order valence-electron chi connectivity index (χ1n) is 4.75. The van der Waals surface area contributed by atoms with Gasteiger partial charge in [0.1, 0.15) is 0 Å². The maximum atomic E-state index is 6.09. The maximum absolute atomic E-state index is 6.09. The van der Waals surface area contributed by atoms with E-state index in [1.165, 1.54) is 4.88 Å². The van der Waals surface area contributed by atoms with Gasteiger partial charge in [-0.1, -0.05) is 17.7 Å². The number of aryl methyl sites for hydroxylation is 1. The molecule has 2 N–H and O–H groups in total. The minimum Gasteiger partial charge on any atom is -0.398 e. The number of hydrogen-bond donors (Lipinski definition) is 1. The molecular formula is C11H11ClN2S2. The second kappa shape index (κ2) is 5.08. The highest BCUT2D eigenvalue weighted by molar-refractivity contribution is 7.99. The molecule has 0 radical (unpaired) electrons. The van der Waals surface area contributed by atoms with Crippen LogP contribution in [0.3, 0.4) is 0 Å². The molecule has 0 aliphatic rings. The Bertz CT molecular complexity index is 476. The second-order valence-electron chi connectivity index (χ2n) is 3.29. The minimum absolute atomic E-state index is 0.714. The highest BCUT2D eigenvalue weighted by Gasteiger charge is 2.06. The van der Waals surface area contributed by atoms with Crippen molar-refractivity contribution in [3.05, 3.63) is 39.3 Å². The van der Waals surface area contributed by atoms with Crippen LogP contribution in [0.15, 0.2) is 29.3 Å². The zero-order chi connectivity index (χ0) is 11.5. The van der Waals surface area contributed by atoms with Crippen molar-refractivity contribution in [1.29, 1.82) is 0 Å². The fourth-order valence-electron chi connectivity index (χ4n) is 1.29. The largest absolute Gasteiger partial charge is 0.398 e. The van der Waals surface area contributed by atoms with Crippen molar-refractivity contribution < 1.29 is 0 Å². The number of nitrogens with zero attached hydrogens (tertiary/aromatic N) is 1. The highest BCUT2D eigenvalue weighted by Crippen LogP contribution is 2.35. The van der Waals surface area contributed by atoms with E-state index < -0.39 is 0 Å². The summed E-state index contributed by atoms with van der Waals surface area (Å²) >= 11 is 9.44. The van der Waals surface area contributed by atoms with Crippen LogP contribution in [0.4, 0.5) is 5.69 Å². The Hall–Kier alpha value is -0.710. The third-order valence-electron chi connectivity index (χ3n) is 2.03. The van der Waals surface area contributed by atoms with Gasteiger partial charge in [0.25, 0.3) is 0 Å². The molecule has 0 fully saturated rings. The van der Waals surface area contributed by atoms with E-state index in [2.05, 4.69) is 4.98 Å². The monoisotopic (exact) mass is 270 g/mol. The molecule has 84 valence electrons. The van der Waals surface area contributed by atoms with Crippen LogP contribution in [0.2, 0.25) is 5.02 Å². The number of hydrogen-bond acceptors (Lipinski definition) is 4. The van der Waals surface area contributed by atoms with E-state index in [0.717, 1.165) is 21.3 Å². The molecule has 0 unspecified atom stereocenters. The third kappa shape index (κ3) is 2.70. The van der Waals surface area contributed by atoms with Gasteiger partial charge in [0.05, 0.1) is 10.0 Å². The third-order valence-corrected chi connectivity index (χ3v) is 4.75. The van der Waals surface area contributed by atoms with E-state index in [0.29, 0.717) is 5.02 Å². The molecule has 0 spiro atoms. The van der Waals surface area contributed by atoms with Gasteiger partial charge in [0, 0.05) is 27.4 Å². The number of benzene rings is 1. The van der Waals surface area contributed by atoms with Crippen molar-refractivity contribution in [2.75, 3.05) is 5.73 Å². The molecule has 0 aliphatic carbocycles. The Balaban J connectivity index is 2.10. The normalized spacial score (nSPS) is 10.6. The molecular weight excluding hydrogens is 260 g/mol. The summed E-state index contributed by atoms with van der Waals surface area (Å²) < 4.78 is 0. The second-order valence-corrected chi connectivity index (χ2v) is 6.00. The molecule has 2 aromatic rings. The lowest BCUT2D eigenvalue weighted by molar-refractivity contribution is 1.28. The van der Waals surface area contributed by atoms with Crippen molar-refractivity contribution in [3.8, 4) is 0 Å². The number of halogens is 1. The summed E-state index contributed by atoms with van der Waals surface area (Å²) in [5.41, 5.74) is 6.61. The van der Waals surface area contributed by atoms with Crippen LogP contribution in [0.5, 0.6) is 0 Å². The zero-order valence-corrected chi connectivity index (χ0v) is 11.1. The van der Waals surface area contributed by atoms with Gasteiger partial charge >= 0.3 is 0 Å². The number of anilines is 1. The van der Waals surface area contributed by atoms with Gasteiger partial charge in [-0.3, -0.25) is 0 Å². The van der Waals surface area contributed by atoms with Crippen LogP contribution < -0.4 is 5.73 Å². The fraction of sp³-hybridized carbons (Fsp3) is 0.182. The quantitative estimate of drug-likeness (QED) is 0.677. The standard InChI is InChI=1S/C11H11ClN2S2/c1-7-14-5-8(16-7)6-15-11-9(12)3-2-4-10(11)13/h2-5H,6,13H2,1H3. The van der Waals surface area contributed by atoms with Gasteiger partial charge < -0.3 is 5.73 Å². The zero-order valence-electron chi connectivity index (χ0n) is 8.74. The predicted octanol–water partition coefficient (Wildman–Crippen LogP) is 3.98. The van der Waals surface area contributed by atoms with E-state index in [1.54, 1.807) is 23.1 Å². The summed E-state index contributed by atoms with van der Waals surface area (Å²) in [6, 6.07) is 5.59. The predicted molar refractivity (Wildman–Crippen MR) is 72.3 cm³/mol. The summed E-state index contributed by atoms with van der Waals surface area (Å²) in [6.45, 7) is 2.00. The Kier molecular flexibility index (Phi) is 3.74. The maximum Gasteiger partial charge on any atom is 0.0897 e. The van der Waals surface area contributed by atoms with E-state index >= 15 is 0 Å². The van der Waals surface area contributed by atoms with E-state index in [1.807, 2.05) is 31.3 Å². The molecule has 1 aromatic heterocycles. The first kappa shape index (κ1) is 11.8. The van der Waals surface area contributed by atoms with Crippen LogP contribution in [0, 0.1) is 6.92 Å². The number of rotatable bonds is 3. The number of nitrogens with two attached hydrogens (primary N) is 1. The molecule has 5 heteroatoms. The number of nitrogen functional groups attached to an aromatic ring is 1. The average Bonchev–Trinajstić information content (AvgIpc) is 2.63. The Morgan fingerprint density at radius 3 is 2.94 bits per heavy atom. The summed E-state index contributed by atoms with van der Waals surface area (Å²) in [5, 5.41) is 1.80. The van der Waals surface area contributed by atoms with Crippen molar-refractivity contribution in [2.24, 2.45) is 0 Å². The molecule has 0 amide bonds. The molecule has 2 nitrogen and oxygen atoms in total. The Morgan fingerprint density at radius 2 is 2.31 bits per heavy atom. The molecule has 1 heterocycles. The van der Waals surface area contributed by atoms with E-state index in [-0.39, 0.29) is 0 Å². The van der Waals surface area contributed by atoms with Crippen molar-refractivity contribution in [2.45, 2.75) is 17.6 Å². The average molecular weight is 271 g/mol. The molecule has 0 aliphatic heterocycles. The van der Waals surface area contributed by atoms with Gasteiger partial charge in [0.2, 0.25) is 0 Å². The van der Waals surface area contributed by atoms with Crippen LogP contribution in [0.1, 0.15) is 9.88 Å². The highest BCUT2D eigenvalue weighted by atomic mass is 35.5. The summed E-state index contributed by atoms with van der Waals surface area (Å²) in [4.78, 5) is 6.41. The van der Waals surface area contributed by atoms with Gasteiger partial charge in [-0.25, -0.2) is 4.98 Å². The first-order valence-corrected chi connectivity index (χ1v) is 6.93. The summed E-state index contributed by atoms with van der Waals surface area (Å²) in [6.07, 6.45) is 1.90. The van der Waals surface area contributed by atoms with Gasteiger partial charge in [0.15, 0.2) is 0 Å². The fourth-order valence-corrected chi connectivity index (χ4v) is 3.44. The molecule has 16 heavy (non-hydrogen) atoms. The number of aromatic nitrogens is 1. The molecule has 0 saturated carbocycles. The molecule has 0 saturated heterocycles. The Labute approximate surface area is 108 Å². The molecule has 0 bridgehead atoms. The summed E-state index contributed by atoms with van der Waals surface area (Å²) in [7, 11) is 0. The van der Waals surface area contributed by atoms with Gasteiger partial charge in [-0.05, 0) is 19.1 Å². The lowest BCUT2D eigenvalue weighted by Crippen LogP contribution is -1.88. The minimum atomic E-state index is 0.714. The van der Waals surface area contributed by atoms with E-state index in [9.17, 15) is 0 Å². The lowest BCUT2D eigenvalue weighted by Gasteiger charge is -2.05.